The van der Waals surface area contributed by atoms with Crippen molar-refractivity contribution in [2.45, 2.75) is 112 Å². The summed E-state index contributed by atoms with van der Waals surface area (Å²) in [4.78, 5) is 31.2. The topological polar surface area (TPSA) is 77.3 Å². The predicted octanol–water partition coefficient (Wildman–Crippen LogP) is 24.8. The zero-order valence-electron chi connectivity index (χ0n) is 59.0. The minimum atomic E-state index is 0.00863. The Morgan fingerprint density at radius 1 is 0.202 bits per heavy atom. The van der Waals surface area contributed by atoms with E-state index in [4.69, 9.17) is 29.9 Å². The molecule has 0 saturated heterocycles. The van der Waals surface area contributed by atoms with Crippen LogP contribution in [0.4, 0.5) is 0 Å². The molecule has 0 radical (unpaired) electrons. The Morgan fingerprint density at radius 3 is 0.697 bits per heavy atom. The average Bonchev–Trinajstić information content (AvgIpc) is 0.718. The molecule has 0 fully saturated rings. The number of aromatic nitrogens is 6. The van der Waals surface area contributed by atoms with Gasteiger partial charge in [-0.05, 0) is 163 Å². The second-order valence-corrected chi connectivity index (χ2v) is 30.9. The molecule has 0 aliphatic rings. The molecular formula is C93H82N6. The molecular weight excluding hydrogens is 1200 g/mol. The first kappa shape index (κ1) is 63.9. The van der Waals surface area contributed by atoms with Crippen LogP contribution in [0.15, 0.2) is 261 Å². The highest BCUT2D eigenvalue weighted by molar-refractivity contribution is 6.24. The van der Waals surface area contributed by atoms with Crippen molar-refractivity contribution < 1.29 is 0 Å². The zero-order valence-corrected chi connectivity index (χ0v) is 59.0. The van der Waals surface area contributed by atoms with E-state index in [0.717, 1.165) is 66.8 Å². The highest BCUT2D eigenvalue weighted by Crippen LogP contribution is 2.50. The molecule has 2 aromatic heterocycles. The third-order valence-corrected chi connectivity index (χ3v) is 19.7. The van der Waals surface area contributed by atoms with E-state index in [-0.39, 0.29) is 21.7 Å². The SMILES string of the molecule is Cc1ccc2c(-c3cc4ccccc4cc3-c3ccc(-c4nc(-c5ccc(C(C)(C)C)cc5)nc(-c5ccc(C(C)(C)C)cc5)n4)cc3)c3ccccc3c(-c3cc4ccccc4cc3-c3ccc(-c4nc(-c5ccc(C(C)(C)C)cc5)nc(-c5ccc(C(C)(C)C)cc5)n4)cc3)c2c1. The number of nitrogens with zero attached hydrogens (tertiary/aromatic N) is 6. The van der Waals surface area contributed by atoms with Crippen LogP contribution < -0.4 is 0 Å². The molecule has 13 aromatic carbocycles. The minimum absolute atomic E-state index is 0.00863. The van der Waals surface area contributed by atoms with Gasteiger partial charge in [-0.3, -0.25) is 0 Å². The Balaban J connectivity index is 0.865. The number of fused-ring (bicyclic) bond motifs is 4. The molecule has 0 bridgehead atoms. The summed E-state index contributed by atoms with van der Waals surface area (Å²) in [6, 6.07) is 95.5. The normalized spacial score (nSPS) is 12.3. The van der Waals surface area contributed by atoms with Gasteiger partial charge in [0, 0.05) is 33.4 Å². The Morgan fingerprint density at radius 2 is 0.424 bits per heavy atom. The van der Waals surface area contributed by atoms with Gasteiger partial charge in [0.05, 0.1) is 0 Å². The van der Waals surface area contributed by atoms with Crippen molar-refractivity contribution in [1.29, 1.82) is 0 Å². The number of rotatable bonds is 10. The lowest BCUT2D eigenvalue weighted by molar-refractivity contribution is 0.590. The van der Waals surface area contributed by atoms with Crippen molar-refractivity contribution in [3.8, 4) is 113 Å². The van der Waals surface area contributed by atoms with Gasteiger partial charge in [0.1, 0.15) is 0 Å². The van der Waals surface area contributed by atoms with Gasteiger partial charge in [-0.1, -0.05) is 325 Å². The highest BCUT2D eigenvalue weighted by atomic mass is 15.0. The summed E-state index contributed by atoms with van der Waals surface area (Å²) in [6.07, 6.45) is 0. The van der Waals surface area contributed by atoms with Gasteiger partial charge in [0.15, 0.2) is 34.9 Å². The summed E-state index contributed by atoms with van der Waals surface area (Å²) in [7, 11) is 0. The second-order valence-electron chi connectivity index (χ2n) is 30.9. The van der Waals surface area contributed by atoms with Gasteiger partial charge < -0.3 is 0 Å². The molecule has 99 heavy (non-hydrogen) atoms. The Kier molecular flexibility index (Phi) is 16.0. The lowest BCUT2D eigenvalue weighted by atomic mass is 9.81. The molecule has 0 aliphatic heterocycles. The lowest BCUT2D eigenvalue weighted by Gasteiger charge is -2.22. The Labute approximate surface area is 582 Å². The highest BCUT2D eigenvalue weighted by Gasteiger charge is 2.25. The van der Waals surface area contributed by atoms with Crippen LogP contribution in [0.5, 0.6) is 0 Å². The van der Waals surface area contributed by atoms with Gasteiger partial charge >= 0.3 is 0 Å². The first-order valence-electron chi connectivity index (χ1n) is 34.6. The van der Waals surface area contributed by atoms with Crippen LogP contribution >= 0.6 is 0 Å². The standard InChI is InChI=1S/C93H82N6/c1-57-26-51-76-79(52-57)83(81-56-69-23-17-15-21-67(69)54-78(81)59-29-33-61(34-30-59)85-96-88(64-39-47-72(48-40-64)92(8,9)10)99-89(97-85)65-41-49-73(50-42-65)93(11,12)13)75-25-19-18-24-74(75)82(76)80-55-68-22-16-14-20-66(68)53-77(80)58-27-31-60(32-28-58)84-94-86(62-35-43-70(44-36-62)90(2,3)4)98-87(95-84)63-37-45-71(46-38-63)91(5,6)7/h14-56H,1-13H3. The van der Waals surface area contributed by atoms with Crippen LogP contribution in [0, 0.1) is 6.92 Å². The average molecular weight is 1280 g/mol. The first-order valence-corrected chi connectivity index (χ1v) is 34.6. The van der Waals surface area contributed by atoms with E-state index in [2.05, 4.69) is 351 Å². The van der Waals surface area contributed by atoms with Crippen molar-refractivity contribution in [2.24, 2.45) is 0 Å². The minimum Gasteiger partial charge on any atom is -0.208 e. The van der Waals surface area contributed by atoms with Gasteiger partial charge in [0.25, 0.3) is 0 Å². The van der Waals surface area contributed by atoms with Gasteiger partial charge in [-0.15, -0.1) is 0 Å². The Hall–Kier alpha value is -11.1. The van der Waals surface area contributed by atoms with Crippen LogP contribution in [0.2, 0.25) is 0 Å². The van der Waals surface area contributed by atoms with E-state index in [1.54, 1.807) is 0 Å². The Bertz CT molecular complexity index is 5430. The van der Waals surface area contributed by atoms with Crippen LogP contribution in [-0.2, 0) is 21.7 Å². The zero-order chi connectivity index (χ0) is 68.7. The van der Waals surface area contributed by atoms with Crippen molar-refractivity contribution in [2.75, 3.05) is 0 Å². The van der Waals surface area contributed by atoms with Gasteiger partial charge in [-0.2, -0.15) is 0 Å². The maximum atomic E-state index is 5.23. The van der Waals surface area contributed by atoms with Crippen molar-refractivity contribution in [1.82, 2.24) is 29.9 Å². The first-order chi connectivity index (χ1) is 47.4. The summed E-state index contributed by atoms with van der Waals surface area (Å²) >= 11 is 0. The number of hydrogen-bond acceptors (Lipinski definition) is 6. The molecule has 0 aliphatic carbocycles. The molecule has 15 aromatic rings. The van der Waals surface area contributed by atoms with Crippen LogP contribution in [0.1, 0.15) is 111 Å². The second kappa shape index (κ2) is 24.8. The molecule has 0 unspecified atom stereocenters. The predicted molar refractivity (Wildman–Crippen MR) is 417 cm³/mol. The van der Waals surface area contributed by atoms with Crippen molar-refractivity contribution in [3.05, 3.63) is 289 Å². The third kappa shape index (κ3) is 12.6. The molecule has 0 N–H and O–H groups in total. The summed E-state index contributed by atoms with van der Waals surface area (Å²) < 4.78 is 0. The maximum Gasteiger partial charge on any atom is 0.164 e. The molecule has 0 saturated carbocycles. The summed E-state index contributed by atoms with van der Waals surface area (Å²) in [6.45, 7) is 29.1. The summed E-state index contributed by atoms with van der Waals surface area (Å²) in [5.74, 6) is 3.79. The van der Waals surface area contributed by atoms with Crippen molar-refractivity contribution in [3.63, 3.8) is 0 Å². The maximum absolute atomic E-state index is 5.23. The van der Waals surface area contributed by atoms with E-state index in [0.29, 0.717) is 34.9 Å². The molecule has 0 atom stereocenters. The van der Waals surface area contributed by atoms with E-state index in [1.165, 1.54) is 82.0 Å². The summed E-state index contributed by atoms with van der Waals surface area (Å²) in [5, 5.41) is 9.39. The smallest absolute Gasteiger partial charge is 0.164 e. The molecule has 484 valence electrons. The largest absolute Gasteiger partial charge is 0.208 e. The number of hydrogen-bond donors (Lipinski definition) is 0. The number of aryl methyl sites for hydroxylation is 1. The van der Waals surface area contributed by atoms with Crippen LogP contribution in [0.3, 0.4) is 0 Å². The molecule has 0 amide bonds. The van der Waals surface area contributed by atoms with Crippen LogP contribution in [-0.4, -0.2) is 29.9 Å². The van der Waals surface area contributed by atoms with E-state index >= 15 is 0 Å². The van der Waals surface area contributed by atoms with Crippen molar-refractivity contribution >= 4 is 43.1 Å². The third-order valence-electron chi connectivity index (χ3n) is 19.7. The quantitative estimate of drug-likeness (QED) is 0.127. The monoisotopic (exact) mass is 1280 g/mol. The van der Waals surface area contributed by atoms with E-state index in [9.17, 15) is 0 Å². The van der Waals surface area contributed by atoms with E-state index in [1.807, 2.05) is 0 Å². The molecule has 6 heteroatoms. The number of benzene rings is 13. The molecule has 15 rings (SSSR count). The molecule has 6 nitrogen and oxygen atoms in total. The van der Waals surface area contributed by atoms with Gasteiger partial charge in [-0.25, -0.2) is 29.9 Å². The van der Waals surface area contributed by atoms with Crippen LogP contribution in [0.25, 0.3) is 156 Å². The molecule has 0 spiro atoms. The lowest BCUT2D eigenvalue weighted by Crippen LogP contribution is -2.11. The fourth-order valence-corrected chi connectivity index (χ4v) is 13.8. The summed E-state index contributed by atoms with van der Waals surface area (Å²) in [5.41, 5.74) is 21.0. The van der Waals surface area contributed by atoms with E-state index < -0.39 is 0 Å². The van der Waals surface area contributed by atoms with Gasteiger partial charge in [0.2, 0.25) is 0 Å². The fraction of sp³-hybridized carbons (Fsp3) is 0.183. The molecule has 2 heterocycles. The fourth-order valence-electron chi connectivity index (χ4n) is 13.8.